The Labute approximate surface area is 323 Å². The molecule has 0 aromatic carbocycles. The highest BCUT2D eigenvalue weighted by molar-refractivity contribution is 5.69. The van der Waals surface area contributed by atoms with Gasteiger partial charge < -0.3 is 19.9 Å². The summed E-state index contributed by atoms with van der Waals surface area (Å²) >= 11 is 0. The van der Waals surface area contributed by atoms with Crippen LogP contribution in [0.2, 0.25) is 0 Å². The van der Waals surface area contributed by atoms with Gasteiger partial charge in [0, 0.05) is 19.4 Å². The second-order valence-electron chi connectivity index (χ2n) is 17.6. The Morgan fingerprint density at radius 3 is 1.37 bits per heavy atom. The summed E-state index contributed by atoms with van der Waals surface area (Å²) in [6, 6.07) is 0. The SMILES string of the molecule is CC1CCC(C(C)C)CCOC(=O)CCCCCCCCCC(OCCCCN)CCCCCCCCCC(=O)OCCC(C(C)C)CCC(C)C1. The zero-order chi connectivity index (χ0) is 38.2. The maximum absolute atomic E-state index is 12.5. The predicted octanol–water partition coefficient (Wildman–Crippen LogP) is 12.8. The first-order chi connectivity index (χ1) is 25.1. The van der Waals surface area contributed by atoms with Crippen molar-refractivity contribution in [2.24, 2.45) is 41.2 Å². The van der Waals surface area contributed by atoms with Crippen molar-refractivity contribution in [1.82, 2.24) is 0 Å². The van der Waals surface area contributed by atoms with Crippen LogP contribution in [0.4, 0.5) is 0 Å². The molecule has 1 rings (SSSR count). The molecule has 1 saturated heterocycles. The van der Waals surface area contributed by atoms with E-state index in [9.17, 15) is 9.59 Å². The van der Waals surface area contributed by atoms with Gasteiger partial charge in [-0.1, -0.05) is 131 Å². The number of nitrogens with two attached hydrogens (primary N) is 1. The van der Waals surface area contributed by atoms with Crippen LogP contribution in [0.1, 0.15) is 215 Å². The van der Waals surface area contributed by atoms with E-state index in [-0.39, 0.29) is 11.9 Å². The molecule has 1 fully saturated rings. The molecular formula is C46H89NO5. The molecule has 0 saturated carbocycles. The zero-order valence-electron chi connectivity index (χ0n) is 35.6. The van der Waals surface area contributed by atoms with E-state index in [0.717, 1.165) is 64.5 Å². The molecule has 1 aliphatic heterocycles. The van der Waals surface area contributed by atoms with Crippen molar-refractivity contribution in [3.05, 3.63) is 0 Å². The summed E-state index contributed by atoms with van der Waals surface area (Å²) in [6.07, 6.45) is 30.7. The lowest BCUT2D eigenvalue weighted by molar-refractivity contribution is -0.145. The summed E-state index contributed by atoms with van der Waals surface area (Å²) in [5, 5.41) is 0. The molecule has 1 heterocycles. The molecule has 52 heavy (non-hydrogen) atoms. The summed E-state index contributed by atoms with van der Waals surface area (Å²) < 4.78 is 17.7. The van der Waals surface area contributed by atoms with Crippen molar-refractivity contribution in [2.75, 3.05) is 26.4 Å². The monoisotopic (exact) mass is 736 g/mol. The standard InChI is InChI=1S/C46H89NO5/c1-38(2)42-29-27-40(5)37-41(6)28-30-43(39(3)4)32-36-52-46(49)26-20-16-12-8-10-14-18-24-44(50-34-22-21-33-47)23-17-13-9-7-11-15-19-25-45(48)51-35-31-42/h38-44H,7-37,47H2,1-6H3. The average Bonchev–Trinajstić information content (AvgIpc) is 3.10. The maximum atomic E-state index is 12.5. The van der Waals surface area contributed by atoms with Crippen LogP contribution in [0.25, 0.3) is 0 Å². The Bertz CT molecular complexity index is 772. The second-order valence-corrected chi connectivity index (χ2v) is 17.6. The lowest BCUT2D eigenvalue weighted by Gasteiger charge is -2.25. The second kappa shape index (κ2) is 33.2. The molecule has 0 spiro atoms. The van der Waals surface area contributed by atoms with Crippen LogP contribution in [0.3, 0.4) is 0 Å². The molecule has 0 aliphatic carbocycles. The van der Waals surface area contributed by atoms with Crippen LogP contribution in [-0.2, 0) is 23.8 Å². The maximum Gasteiger partial charge on any atom is 0.305 e. The van der Waals surface area contributed by atoms with Crippen LogP contribution in [0, 0.1) is 35.5 Å². The number of carbonyl (C=O) groups is 2. The number of hydrogen-bond donors (Lipinski definition) is 1. The molecule has 0 aromatic rings. The Kier molecular flexibility index (Phi) is 31.2. The molecule has 6 heteroatoms. The minimum absolute atomic E-state index is 0.0108. The highest BCUT2D eigenvalue weighted by atomic mass is 16.5. The highest BCUT2D eigenvalue weighted by Gasteiger charge is 2.20. The van der Waals surface area contributed by atoms with E-state index >= 15 is 0 Å². The fourth-order valence-electron chi connectivity index (χ4n) is 8.19. The first-order valence-corrected chi connectivity index (χ1v) is 22.7. The number of carbonyl (C=O) groups excluding carboxylic acids is 2. The molecule has 308 valence electrons. The van der Waals surface area contributed by atoms with E-state index < -0.39 is 0 Å². The van der Waals surface area contributed by atoms with Crippen molar-refractivity contribution in [3.8, 4) is 0 Å². The van der Waals surface area contributed by atoms with E-state index in [2.05, 4.69) is 41.5 Å². The van der Waals surface area contributed by atoms with Crippen molar-refractivity contribution in [1.29, 1.82) is 0 Å². The smallest absolute Gasteiger partial charge is 0.305 e. The molecule has 0 bridgehead atoms. The predicted molar refractivity (Wildman–Crippen MR) is 220 cm³/mol. The van der Waals surface area contributed by atoms with Crippen LogP contribution in [0.15, 0.2) is 0 Å². The van der Waals surface area contributed by atoms with E-state index in [0.29, 0.717) is 67.7 Å². The molecule has 0 amide bonds. The molecule has 1 aliphatic rings. The van der Waals surface area contributed by atoms with Crippen molar-refractivity contribution >= 4 is 11.9 Å². The molecule has 0 aromatic heterocycles. The number of rotatable bonds is 7. The summed E-state index contributed by atoms with van der Waals surface area (Å²) in [7, 11) is 0. The highest BCUT2D eigenvalue weighted by Crippen LogP contribution is 2.30. The number of cyclic esters (lactones) is 2. The number of unbranched alkanes of at least 4 members (excludes halogenated alkanes) is 1. The number of ether oxygens (including phenoxy) is 3. The fraction of sp³-hybridized carbons (Fsp3) is 0.957. The van der Waals surface area contributed by atoms with E-state index in [4.69, 9.17) is 19.9 Å². The first-order valence-electron chi connectivity index (χ1n) is 22.7. The van der Waals surface area contributed by atoms with Crippen LogP contribution in [0.5, 0.6) is 0 Å². The molecule has 6 nitrogen and oxygen atoms in total. The molecular weight excluding hydrogens is 647 g/mol. The van der Waals surface area contributed by atoms with Crippen LogP contribution < -0.4 is 5.73 Å². The third-order valence-corrected chi connectivity index (χ3v) is 12.0. The molecule has 4 atom stereocenters. The van der Waals surface area contributed by atoms with Crippen LogP contribution >= 0.6 is 0 Å². The normalized spacial score (nSPS) is 27.5. The topological polar surface area (TPSA) is 87.9 Å². The minimum Gasteiger partial charge on any atom is -0.466 e. The van der Waals surface area contributed by atoms with Crippen molar-refractivity contribution in [3.63, 3.8) is 0 Å². The van der Waals surface area contributed by atoms with Gasteiger partial charge in [0.25, 0.3) is 0 Å². The lowest BCUT2D eigenvalue weighted by Crippen LogP contribution is -2.17. The Morgan fingerprint density at radius 2 is 0.962 bits per heavy atom. The summed E-state index contributed by atoms with van der Waals surface area (Å²) in [6.45, 7) is 16.8. The third-order valence-electron chi connectivity index (χ3n) is 12.0. The van der Waals surface area contributed by atoms with Gasteiger partial charge in [-0.15, -0.1) is 0 Å². The summed E-state index contributed by atoms with van der Waals surface area (Å²) in [5.41, 5.74) is 5.69. The van der Waals surface area contributed by atoms with Gasteiger partial charge in [0.2, 0.25) is 0 Å². The number of esters is 2. The van der Waals surface area contributed by atoms with Gasteiger partial charge in [-0.2, -0.15) is 0 Å². The van der Waals surface area contributed by atoms with Gasteiger partial charge in [-0.05, 0) is 113 Å². The molecule has 2 N–H and O–H groups in total. The average molecular weight is 736 g/mol. The fourth-order valence-corrected chi connectivity index (χ4v) is 8.19. The number of hydrogen-bond acceptors (Lipinski definition) is 6. The zero-order valence-corrected chi connectivity index (χ0v) is 35.6. The molecule has 4 unspecified atom stereocenters. The van der Waals surface area contributed by atoms with Crippen molar-refractivity contribution < 1.29 is 23.8 Å². The third kappa shape index (κ3) is 28.3. The van der Waals surface area contributed by atoms with Gasteiger partial charge in [-0.25, -0.2) is 0 Å². The van der Waals surface area contributed by atoms with Gasteiger partial charge in [-0.3, -0.25) is 9.59 Å². The quantitative estimate of drug-likeness (QED) is 0.207. The van der Waals surface area contributed by atoms with Gasteiger partial charge >= 0.3 is 11.9 Å². The minimum atomic E-state index is -0.0108. The summed E-state index contributed by atoms with van der Waals surface area (Å²) in [4.78, 5) is 24.9. The van der Waals surface area contributed by atoms with Crippen LogP contribution in [-0.4, -0.2) is 44.4 Å². The largest absolute Gasteiger partial charge is 0.466 e. The Morgan fingerprint density at radius 1 is 0.558 bits per heavy atom. The van der Waals surface area contributed by atoms with Gasteiger partial charge in [0.05, 0.1) is 19.3 Å². The lowest BCUT2D eigenvalue weighted by atomic mass is 9.81. The van der Waals surface area contributed by atoms with E-state index in [1.807, 2.05) is 0 Å². The van der Waals surface area contributed by atoms with Gasteiger partial charge in [0.15, 0.2) is 0 Å². The Hall–Kier alpha value is -1.14. The van der Waals surface area contributed by atoms with E-state index in [1.165, 1.54) is 109 Å². The van der Waals surface area contributed by atoms with Crippen molar-refractivity contribution in [2.45, 2.75) is 221 Å². The van der Waals surface area contributed by atoms with Gasteiger partial charge in [0.1, 0.15) is 0 Å². The van der Waals surface area contributed by atoms with E-state index in [1.54, 1.807) is 0 Å². The Balaban J connectivity index is 2.61. The first kappa shape index (κ1) is 48.9. The molecule has 0 radical (unpaired) electrons. The summed E-state index contributed by atoms with van der Waals surface area (Å²) in [5.74, 6) is 3.81.